The molecule has 43 heavy (non-hydrogen) atoms. The minimum atomic E-state index is -0.895. The molecule has 0 spiro atoms. The van der Waals surface area contributed by atoms with E-state index in [9.17, 15) is 18.4 Å². The van der Waals surface area contributed by atoms with Crippen molar-refractivity contribution >= 4 is 24.3 Å². The molecule has 0 aliphatic rings. The van der Waals surface area contributed by atoms with Gasteiger partial charge >= 0.3 is 6.09 Å². The molecule has 1 heterocycles. The molecule has 0 fully saturated rings. The van der Waals surface area contributed by atoms with Crippen LogP contribution >= 0.6 is 12.4 Å². The second kappa shape index (κ2) is 16.9. The Kier molecular flexibility index (Phi) is 13.1. The Morgan fingerprint density at radius 3 is 2.40 bits per heavy atom. The lowest BCUT2D eigenvalue weighted by Crippen LogP contribution is -2.41. The number of carbonyl (C=O) groups excluding carboxylic acids is 2. The smallest absolute Gasteiger partial charge is 0.408 e. The molecule has 228 valence electrons. The molecule has 4 aromatic rings. The van der Waals surface area contributed by atoms with E-state index in [4.69, 9.17) is 19.7 Å². The number of amides is 1. The summed E-state index contributed by atoms with van der Waals surface area (Å²) in [5, 5.41) is 6.45. The van der Waals surface area contributed by atoms with Crippen molar-refractivity contribution in [1.82, 2.24) is 15.5 Å². The Bertz CT molecular complexity index is 1450. The number of ketones is 1. The maximum Gasteiger partial charge on any atom is 0.408 e. The van der Waals surface area contributed by atoms with Crippen LogP contribution in [-0.4, -0.2) is 41.2 Å². The standard InChI is InChI=1S/C31H32F2N4O5.ClH/c32-25-14-11-22(18-26(25)33)15-17-40-24-12-9-21(10-13-24)19-28-36-30(37-42-28)29(38)27(8-4-5-16-34)35-31(39)41-20-23-6-2-1-3-7-23;/h1-3,6-7,9-14,18,27H,4-5,8,15-17,19-20,34H2,(H,35,39);1H. The number of ether oxygens (including phenoxy) is 2. The van der Waals surface area contributed by atoms with Gasteiger partial charge in [0.05, 0.1) is 19.1 Å². The van der Waals surface area contributed by atoms with Crippen LogP contribution in [0.15, 0.2) is 77.3 Å². The maximum absolute atomic E-state index is 13.4. The highest BCUT2D eigenvalue weighted by Crippen LogP contribution is 2.17. The number of halogens is 3. The second-order valence-electron chi connectivity index (χ2n) is 9.59. The number of nitrogens with zero attached hydrogens (tertiary/aromatic N) is 2. The van der Waals surface area contributed by atoms with Gasteiger partial charge in [0, 0.05) is 6.42 Å². The lowest BCUT2D eigenvalue weighted by Gasteiger charge is -2.16. The first-order valence-corrected chi connectivity index (χ1v) is 13.6. The van der Waals surface area contributed by atoms with Crippen LogP contribution in [0.5, 0.6) is 5.75 Å². The number of nitrogens with one attached hydrogen (secondary N) is 1. The molecule has 0 saturated carbocycles. The quantitative estimate of drug-likeness (QED) is 0.131. The average molecular weight is 615 g/mol. The summed E-state index contributed by atoms with van der Waals surface area (Å²) in [6, 6.07) is 19.2. The van der Waals surface area contributed by atoms with Gasteiger partial charge in [-0.25, -0.2) is 13.6 Å². The van der Waals surface area contributed by atoms with Crippen LogP contribution < -0.4 is 15.8 Å². The van der Waals surface area contributed by atoms with Crippen LogP contribution in [0.1, 0.15) is 52.5 Å². The molecule has 9 nitrogen and oxygen atoms in total. The highest BCUT2D eigenvalue weighted by Gasteiger charge is 2.27. The van der Waals surface area contributed by atoms with Crippen LogP contribution in [0, 0.1) is 11.6 Å². The fourth-order valence-corrected chi connectivity index (χ4v) is 4.11. The van der Waals surface area contributed by atoms with Gasteiger partial charge in [-0.2, -0.15) is 4.98 Å². The Labute approximate surface area is 254 Å². The third-order valence-electron chi connectivity index (χ3n) is 6.38. The summed E-state index contributed by atoms with van der Waals surface area (Å²) in [7, 11) is 0. The van der Waals surface area contributed by atoms with E-state index in [0.29, 0.717) is 50.1 Å². The molecule has 3 aromatic carbocycles. The Morgan fingerprint density at radius 1 is 0.930 bits per heavy atom. The van der Waals surface area contributed by atoms with Gasteiger partial charge in [0.15, 0.2) is 11.6 Å². The summed E-state index contributed by atoms with van der Waals surface area (Å²) in [5.74, 6) is -1.55. The number of carbonyl (C=O) groups is 2. The molecule has 1 amide bonds. The highest BCUT2D eigenvalue weighted by atomic mass is 35.5. The van der Waals surface area contributed by atoms with Gasteiger partial charge in [0.2, 0.25) is 17.5 Å². The van der Waals surface area contributed by atoms with Gasteiger partial charge in [-0.05, 0) is 66.8 Å². The van der Waals surface area contributed by atoms with Crippen LogP contribution in [0.2, 0.25) is 0 Å². The van der Waals surface area contributed by atoms with E-state index < -0.39 is 29.6 Å². The predicted octanol–water partition coefficient (Wildman–Crippen LogP) is 5.59. The van der Waals surface area contributed by atoms with Crippen molar-refractivity contribution < 1.29 is 32.4 Å². The number of Topliss-reactive ketones (excluding diaryl/α,β-unsaturated/α-hetero) is 1. The lowest BCUT2D eigenvalue weighted by atomic mass is 10.0. The molecule has 1 atom stereocenters. The summed E-state index contributed by atoms with van der Waals surface area (Å²) < 4.78 is 42.7. The van der Waals surface area contributed by atoms with Crippen molar-refractivity contribution in [3.05, 3.63) is 113 Å². The molecule has 0 bridgehead atoms. The van der Waals surface area contributed by atoms with Gasteiger partial charge in [-0.3, -0.25) is 4.79 Å². The molecular formula is C31H33ClF2N4O5. The first kappa shape index (κ1) is 33.2. The van der Waals surface area contributed by atoms with Crippen molar-refractivity contribution in [3.63, 3.8) is 0 Å². The number of alkyl carbamates (subject to hydrolysis) is 1. The zero-order valence-electron chi connectivity index (χ0n) is 23.3. The molecule has 1 unspecified atom stereocenters. The van der Waals surface area contributed by atoms with Crippen LogP contribution in [-0.2, 0) is 24.2 Å². The first-order valence-electron chi connectivity index (χ1n) is 13.6. The van der Waals surface area contributed by atoms with Gasteiger partial charge < -0.3 is 25.0 Å². The highest BCUT2D eigenvalue weighted by molar-refractivity contribution is 5.98. The molecule has 1 aromatic heterocycles. The second-order valence-corrected chi connectivity index (χ2v) is 9.59. The number of benzene rings is 3. The minimum Gasteiger partial charge on any atom is -0.493 e. The van der Waals surface area contributed by atoms with Gasteiger partial charge in [0.25, 0.3) is 0 Å². The summed E-state index contributed by atoms with van der Waals surface area (Å²) in [6.45, 7) is 0.824. The third-order valence-corrected chi connectivity index (χ3v) is 6.38. The number of hydrogen-bond donors (Lipinski definition) is 2. The van der Waals surface area contributed by atoms with E-state index in [2.05, 4.69) is 15.5 Å². The molecular weight excluding hydrogens is 582 g/mol. The van der Waals surface area contributed by atoms with E-state index >= 15 is 0 Å². The third kappa shape index (κ3) is 10.5. The Morgan fingerprint density at radius 2 is 1.67 bits per heavy atom. The van der Waals surface area contributed by atoms with Crippen LogP contribution in [0.25, 0.3) is 0 Å². The number of unbranched alkanes of at least 4 members (excludes halogenated alkanes) is 1. The van der Waals surface area contributed by atoms with Crippen LogP contribution in [0.4, 0.5) is 13.6 Å². The normalized spacial score (nSPS) is 11.3. The molecule has 3 N–H and O–H groups in total. The number of nitrogens with two attached hydrogens (primary N) is 1. The summed E-state index contributed by atoms with van der Waals surface area (Å²) in [6.07, 6.45) is 1.63. The monoisotopic (exact) mass is 614 g/mol. The first-order chi connectivity index (χ1) is 20.4. The van der Waals surface area contributed by atoms with Crippen molar-refractivity contribution in [2.75, 3.05) is 13.2 Å². The maximum atomic E-state index is 13.4. The Balaban J connectivity index is 0.00000506. The van der Waals surface area contributed by atoms with Gasteiger partial charge in [-0.15, -0.1) is 12.4 Å². The molecule has 0 radical (unpaired) electrons. The fourth-order valence-electron chi connectivity index (χ4n) is 4.11. The van der Waals surface area contributed by atoms with E-state index in [0.717, 1.165) is 23.3 Å². The molecule has 4 rings (SSSR count). The summed E-state index contributed by atoms with van der Waals surface area (Å²) >= 11 is 0. The van der Waals surface area contributed by atoms with E-state index in [1.54, 1.807) is 12.1 Å². The van der Waals surface area contributed by atoms with Crippen molar-refractivity contribution in [2.24, 2.45) is 5.73 Å². The minimum absolute atomic E-state index is 0. The largest absolute Gasteiger partial charge is 0.493 e. The number of aromatic nitrogens is 2. The predicted molar refractivity (Wildman–Crippen MR) is 157 cm³/mol. The number of hydrogen-bond acceptors (Lipinski definition) is 8. The topological polar surface area (TPSA) is 130 Å². The van der Waals surface area contributed by atoms with E-state index in [1.807, 2.05) is 42.5 Å². The summed E-state index contributed by atoms with van der Waals surface area (Å²) in [5.41, 5.74) is 7.89. The lowest BCUT2D eigenvalue weighted by molar-refractivity contribution is 0.0896. The van der Waals surface area contributed by atoms with Gasteiger partial charge in [0.1, 0.15) is 12.4 Å². The Hall–Kier alpha value is -4.35. The van der Waals surface area contributed by atoms with Crippen molar-refractivity contribution in [3.8, 4) is 5.75 Å². The van der Waals surface area contributed by atoms with E-state index in [-0.39, 0.29) is 37.1 Å². The van der Waals surface area contributed by atoms with E-state index in [1.165, 1.54) is 6.07 Å². The summed E-state index contributed by atoms with van der Waals surface area (Å²) in [4.78, 5) is 29.8. The average Bonchev–Trinajstić information content (AvgIpc) is 3.47. The molecule has 0 saturated heterocycles. The van der Waals surface area contributed by atoms with Crippen molar-refractivity contribution in [1.29, 1.82) is 0 Å². The number of rotatable bonds is 15. The fraction of sp³-hybridized carbons (Fsp3) is 0.290. The van der Waals surface area contributed by atoms with Crippen LogP contribution in [0.3, 0.4) is 0 Å². The molecule has 0 aliphatic carbocycles. The molecule has 0 aliphatic heterocycles. The SMILES string of the molecule is Cl.NCCCCC(NC(=O)OCc1ccccc1)C(=O)c1noc(Cc2ccc(OCCc3ccc(F)c(F)c3)cc2)n1. The van der Waals surface area contributed by atoms with Crippen molar-refractivity contribution in [2.45, 2.75) is 44.8 Å². The van der Waals surface area contributed by atoms with Gasteiger partial charge in [-0.1, -0.05) is 53.7 Å². The zero-order valence-corrected chi connectivity index (χ0v) is 24.2. The molecule has 12 heteroatoms. The zero-order chi connectivity index (χ0) is 29.7.